The van der Waals surface area contributed by atoms with Gasteiger partial charge >= 0.3 is 6.09 Å². The molecular weight excluding hydrogens is 334 g/mol. The Morgan fingerprint density at radius 3 is 2.45 bits per heavy atom. The molecule has 0 aromatic heterocycles. The van der Waals surface area contributed by atoms with Crippen molar-refractivity contribution in [3.8, 4) is 5.75 Å². The zero-order chi connectivity index (χ0) is 17.0. The van der Waals surface area contributed by atoms with Crippen LogP contribution in [-0.4, -0.2) is 34.0 Å². The molecule has 0 bridgehead atoms. The highest BCUT2D eigenvalue weighted by molar-refractivity contribution is 8.13. The average Bonchev–Trinajstić information content (AvgIpc) is 2.33. The number of anilines is 1. The molecule has 22 heavy (non-hydrogen) atoms. The Morgan fingerprint density at radius 1 is 1.32 bits per heavy atom. The van der Waals surface area contributed by atoms with E-state index in [0.717, 1.165) is 0 Å². The van der Waals surface area contributed by atoms with Gasteiger partial charge in [0.25, 0.3) is 9.05 Å². The van der Waals surface area contributed by atoms with Crippen LogP contribution in [-0.2, 0) is 18.5 Å². The van der Waals surface area contributed by atoms with Gasteiger partial charge in [0.15, 0.2) is 6.79 Å². The predicted molar refractivity (Wildman–Crippen MR) is 81.8 cm³/mol. The number of rotatable bonds is 5. The van der Waals surface area contributed by atoms with Crippen LogP contribution < -0.4 is 10.1 Å². The van der Waals surface area contributed by atoms with Crippen molar-refractivity contribution in [3.05, 3.63) is 18.2 Å². The van der Waals surface area contributed by atoms with Crippen LogP contribution >= 0.6 is 10.7 Å². The summed E-state index contributed by atoms with van der Waals surface area (Å²) < 4.78 is 37.9. The van der Waals surface area contributed by atoms with Gasteiger partial charge < -0.3 is 14.2 Å². The average molecular weight is 352 g/mol. The molecule has 0 heterocycles. The molecule has 0 radical (unpaired) electrons. The third kappa shape index (κ3) is 6.08. The van der Waals surface area contributed by atoms with E-state index in [-0.39, 0.29) is 23.1 Å². The Morgan fingerprint density at radius 2 is 1.95 bits per heavy atom. The minimum Gasteiger partial charge on any atom is -0.465 e. The van der Waals surface area contributed by atoms with Crippen molar-refractivity contribution in [1.29, 1.82) is 0 Å². The second-order valence-corrected chi connectivity index (χ2v) is 7.84. The first-order valence-electron chi connectivity index (χ1n) is 6.23. The lowest BCUT2D eigenvalue weighted by atomic mass is 10.2. The smallest absolute Gasteiger partial charge is 0.412 e. The second-order valence-electron chi connectivity index (χ2n) is 5.27. The van der Waals surface area contributed by atoms with Gasteiger partial charge in [-0.1, -0.05) is 0 Å². The Hall–Kier alpha value is -1.51. The van der Waals surface area contributed by atoms with Gasteiger partial charge in [0.1, 0.15) is 11.4 Å². The minimum atomic E-state index is -3.94. The highest BCUT2D eigenvalue weighted by atomic mass is 35.7. The number of carbonyl (C=O) groups excluding carboxylic acids is 1. The molecule has 0 atom stereocenters. The van der Waals surface area contributed by atoms with Gasteiger partial charge in [-0.05, 0) is 39.0 Å². The maximum Gasteiger partial charge on any atom is 0.412 e. The van der Waals surface area contributed by atoms with Crippen molar-refractivity contribution >= 4 is 31.5 Å². The molecule has 1 rings (SSSR count). The summed E-state index contributed by atoms with van der Waals surface area (Å²) in [6, 6.07) is 3.80. The number of benzene rings is 1. The minimum absolute atomic E-state index is 0.0734. The van der Waals surface area contributed by atoms with Crippen molar-refractivity contribution in [2.24, 2.45) is 0 Å². The molecule has 7 nitrogen and oxygen atoms in total. The molecule has 0 saturated carbocycles. The monoisotopic (exact) mass is 351 g/mol. The molecule has 0 aliphatic carbocycles. The third-order valence-electron chi connectivity index (χ3n) is 2.20. The Kier molecular flexibility index (Phi) is 6.04. The fourth-order valence-electron chi connectivity index (χ4n) is 1.42. The number of hydrogen-bond donors (Lipinski definition) is 1. The summed E-state index contributed by atoms with van der Waals surface area (Å²) >= 11 is 0. The molecule has 9 heteroatoms. The molecular formula is C13H18ClNO6S. The highest BCUT2D eigenvalue weighted by Gasteiger charge is 2.19. The number of nitrogens with one attached hydrogen (secondary N) is 1. The fraction of sp³-hybridized carbons (Fsp3) is 0.462. The summed E-state index contributed by atoms with van der Waals surface area (Å²) in [7, 11) is 2.78. The van der Waals surface area contributed by atoms with Crippen LogP contribution in [0.1, 0.15) is 20.8 Å². The normalized spacial score (nSPS) is 11.9. The van der Waals surface area contributed by atoms with Crippen molar-refractivity contribution in [2.45, 2.75) is 31.3 Å². The predicted octanol–water partition coefficient (Wildman–Crippen LogP) is 2.94. The van der Waals surface area contributed by atoms with Crippen molar-refractivity contribution in [2.75, 3.05) is 19.2 Å². The topological polar surface area (TPSA) is 90.9 Å². The highest BCUT2D eigenvalue weighted by Crippen LogP contribution is 2.29. The first-order valence-corrected chi connectivity index (χ1v) is 8.54. The molecule has 0 unspecified atom stereocenters. The van der Waals surface area contributed by atoms with Gasteiger partial charge in [-0.25, -0.2) is 13.2 Å². The summed E-state index contributed by atoms with van der Waals surface area (Å²) in [4.78, 5) is 11.6. The number of ether oxygens (including phenoxy) is 3. The van der Waals surface area contributed by atoms with Crippen LogP contribution in [0.5, 0.6) is 5.75 Å². The van der Waals surface area contributed by atoms with E-state index in [1.807, 2.05) is 0 Å². The first kappa shape index (κ1) is 18.5. The van der Waals surface area contributed by atoms with Gasteiger partial charge in [0.05, 0.1) is 10.6 Å². The van der Waals surface area contributed by atoms with Crippen LogP contribution in [0.25, 0.3) is 0 Å². The quantitative estimate of drug-likeness (QED) is 0.647. The zero-order valence-corrected chi connectivity index (χ0v) is 14.2. The van der Waals surface area contributed by atoms with Gasteiger partial charge in [-0.15, -0.1) is 0 Å². The van der Waals surface area contributed by atoms with E-state index >= 15 is 0 Å². The molecule has 0 spiro atoms. The zero-order valence-electron chi connectivity index (χ0n) is 12.7. The second kappa shape index (κ2) is 7.17. The van der Waals surface area contributed by atoms with E-state index in [0.29, 0.717) is 0 Å². The van der Waals surface area contributed by atoms with Crippen molar-refractivity contribution in [1.82, 2.24) is 0 Å². The SMILES string of the molecule is COCOc1ccc(S(=O)(=O)Cl)cc1NC(=O)OC(C)(C)C. The number of halogens is 1. The number of carbonyl (C=O) groups is 1. The summed E-state index contributed by atoms with van der Waals surface area (Å²) in [6.45, 7) is 5.04. The van der Waals surface area contributed by atoms with E-state index in [9.17, 15) is 13.2 Å². The van der Waals surface area contributed by atoms with E-state index in [1.54, 1.807) is 20.8 Å². The summed E-state index contributed by atoms with van der Waals surface area (Å²) in [5.41, 5.74) is -0.596. The third-order valence-corrected chi connectivity index (χ3v) is 3.55. The van der Waals surface area contributed by atoms with E-state index in [4.69, 9.17) is 24.9 Å². The summed E-state index contributed by atoms with van der Waals surface area (Å²) in [5.74, 6) is 0.219. The summed E-state index contributed by atoms with van der Waals surface area (Å²) in [6.07, 6.45) is -0.751. The Labute approximate surface area is 133 Å². The molecule has 0 fully saturated rings. The number of methoxy groups -OCH3 is 1. The van der Waals surface area contributed by atoms with Crippen LogP contribution in [0, 0.1) is 0 Å². The lowest BCUT2D eigenvalue weighted by Crippen LogP contribution is -2.27. The van der Waals surface area contributed by atoms with E-state index in [2.05, 4.69) is 5.32 Å². The largest absolute Gasteiger partial charge is 0.465 e. The van der Waals surface area contributed by atoms with Crippen molar-refractivity contribution in [3.63, 3.8) is 0 Å². The standard InChI is InChI=1S/C13H18ClNO6S/c1-13(2,3)21-12(16)15-10-7-9(22(14,17)18)5-6-11(10)20-8-19-4/h5-7H,8H2,1-4H3,(H,15,16). The molecule has 0 aliphatic heterocycles. The summed E-state index contributed by atoms with van der Waals surface area (Å²) in [5, 5.41) is 2.42. The van der Waals surface area contributed by atoms with Gasteiger partial charge in [-0.3, -0.25) is 5.32 Å². The number of amides is 1. The van der Waals surface area contributed by atoms with Crippen LogP contribution in [0.4, 0.5) is 10.5 Å². The molecule has 0 aliphatic rings. The Bertz CT molecular complexity index is 638. The van der Waals surface area contributed by atoms with Gasteiger partial charge in [0, 0.05) is 17.8 Å². The lowest BCUT2D eigenvalue weighted by molar-refractivity contribution is 0.0509. The van der Waals surface area contributed by atoms with Crippen LogP contribution in [0.2, 0.25) is 0 Å². The molecule has 1 aromatic carbocycles. The van der Waals surface area contributed by atoms with E-state index < -0.39 is 20.7 Å². The first-order chi connectivity index (χ1) is 10.0. The van der Waals surface area contributed by atoms with Crippen LogP contribution in [0.15, 0.2) is 23.1 Å². The number of hydrogen-bond acceptors (Lipinski definition) is 6. The van der Waals surface area contributed by atoms with E-state index in [1.165, 1.54) is 25.3 Å². The molecule has 1 N–H and O–H groups in total. The lowest BCUT2D eigenvalue weighted by Gasteiger charge is -2.20. The van der Waals surface area contributed by atoms with Gasteiger partial charge in [0.2, 0.25) is 0 Å². The molecule has 1 aromatic rings. The van der Waals surface area contributed by atoms with Crippen LogP contribution in [0.3, 0.4) is 0 Å². The molecule has 1 amide bonds. The Balaban J connectivity index is 3.08. The van der Waals surface area contributed by atoms with Gasteiger partial charge in [-0.2, -0.15) is 0 Å². The molecule has 0 saturated heterocycles. The maximum atomic E-state index is 11.8. The maximum absolute atomic E-state index is 11.8. The fourth-order valence-corrected chi connectivity index (χ4v) is 2.20. The molecule has 124 valence electrons. The van der Waals surface area contributed by atoms with Crippen molar-refractivity contribution < 1.29 is 27.4 Å².